The third kappa shape index (κ3) is 19.8. The number of nitrogens with zero attached hydrogens (tertiary/aromatic N) is 4. The van der Waals surface area contributed by atoms with Crippen LogP contribution in [0.3, 0.4) is 0 Å². The average molecular weight is 940 g/mol. The van der Waals surface area contributed by atoms with Crippen LogP contribution >= 0.6 is 0 Å². The van der Waals surface area contributed by atoms with Gasteiger partial charge in [0, 0.05) is 36.6 Å². The maximum atomic E-state index is 7.20. The van der Waals surface area contributed by atoms with Gasteiger partial charge in [-0.3, -0.25) is 0 Å². The molecule has 2 heterocycles. The fourth-order valence-electron chi connectivity index (χ4n) is 11.6. The van der Waals surface area contributed by atoms with Crippen LogP contribution in [0.15, 0.2) is 61.2 Å². The summed E-state index contributed by atoms with van der Waals surface area (Å²) < 4.78 is 7.20. The van der Waals surface area contributed by atoms with E-state index in [2.05, 4.69) is 88.9 Å². The van der Waals surface area contributed by atoms with Gasteiger partial charge in [0.15, 0.2) is 0 Å². The van der Waals surface area contributed by atoms with Gasteiger partial charge in [-0.25, -0.2) is 19.9 Å². The van der Waals surface area contributed by atoms with Gasteiger partial charge in [0.25, 0.3) is 0 Å². The lowest BCUT2D eigenvalue weighted by atomic mass is 9.78. The van der Waals surface area contributed by atoms with Crippen LogP contribution in [0.25, 0.3) is 0 Å². The molecule has 2 aromatic carbocycles. The van der Waals surface area contributed by atoms with Crippen molar-refractivity contribution in [3.8, 4) is 11.5 Å². The van der Waals surface area contributed by atoms with Crippen molar-refractivity contribution in [3.63, 3.8) is 0 Å². The van der Waals surface area contributed by atoms with Crippen molar-refractivity contribution in [2.75, 3.05) is 0 Å². The summed E-state index contributed by atoms with van der Waals surface area (Å²) in [5.41, 5.74) is 8.36. The van der Waals surface area contributed by atoms with E-state index in [1.165, 1.54) is 226 Å². The largest absolute Gasteiger partial charge is 0.457 e. The van der Waals surface area contributed by atoms with E-state index in [4.69, 9.17) is 24.7 Å². The van der Waals surface area contributed by atoms with Crippen LogP contribution in [0.1, 0.15) is 277 Å². The van der Waals surface area contributed by atoms with Gasteiger partial charge in [-0.1, -0.05) is 168 Å². The number of aromatic nitrogens is 4. The molecule has 69 heavy (non-hydrogen) atoms. The number of ether oxygens (including phenoxy) is 1. The van der Waals surface area contributed by atoms with E-state index in [0.717, 1.165) is 61.7 Å². The fraction of sp³-hybridized carbons (Fsp3) is 0.688. The zero-order chi connectivity index (χ0) is 48.1. The Hall–Kier alpha value is -3.60. The molecule has 0 atom stereocenters. The third-order valence-electron chi connectivity index (χ3n) is 16.1. The first kappa shape index (κ1) is 54.7. The molecule has 380 valence electrons. The first-order valence-electron chi connectivity index (χ1n) is 29.6. The smallest absolute Gasteiger partial charge is 0.131 e. The summed E-state index contributed by atoms with van der Waals surface area (Å²) in [7, 11) is 0. The highest BCUT2D eigenvalue weighted by Crippen LogP contribution is 2.41. The van der Waals surface area contributed by atoms with Gasteiger partial charge in [-0.15, -0.1) is 0 Å². The average Bonchev–Trinajstić information content (AvgIpc) is 3.38. The highest BCUT2D eigenvalue weighted by atomic mass is 16.5. The number of hydrogen-bond donors (Lipinski definition) is 0. The molecule has 0 bridgehead atoms. The Labute approximate surface area is 423 Å². The van der Waals surface area contributed by atoms with Gasteiger partial charge in [0.2, 0.25) is 0 Å². The Morgan fingerprint density at radius 1 is 0.362 bits per heavy atom. The molecule has 2 aliphatic rings. The molecule has 0 aliphatic heterocycles. The van der Waals surface area contributed by atoms with Crippen molar-refractivity contribution < 1.29 is 4.74 Å². The van der Waals surface area contributed by atoms with Crippen LogP contribution in [0, 0.1) is 11.8 Å². The number of benzene rings is 2. The second-order valence-corrected chi connectivity index (χ2v) is 22.1. The van der Waals surface area contributed by atoms with E-state index in [-0.39, 0.29) is 0 Å². The Kier molecular flexibility index (Phi) is 25.7. The van der Waals surface area contributed by atoms with Crippen molar-refractivity contribution in [2.45, 2.75) is 271 Å². The van der Waals surface area contributed by atoms with Crippen molar-refractivity contribution >= 4 is 0 Å². The summed E-state index contributed by atoms with van der Waals surface area (Å²) in [5.74, 6) is 6.55. The van der Waals surface area contributed by atoms with Crippen molar-refractivity contribution in [3.05, 3.63) is 106 Å². The summed E-state index contributed by atoms with van der Waals surface area (Å²) in [5, 5.41) is 0. The second-order valence-electron chi connectivity index (χ2n) is 22.1. The Morgan fingerprint density at radius 3 is 1.01 bits per heavy atom. The molecule has 5 heteroatoms. The Bertz CT molecular complexity index is 1800. The maximum absolute atomic E-state index is 7.20. The molecule has 2 saturated carbocycles. The van der Waals surface area contributed by atoms with Crippen LogP contribution in [0.2, 0.25) is 0 Å². The van der Waals surface area contributed by atoms with Gasteiger partial charge in [0.05, 0.1) is 0 Å². The Balaban J connectivity index is 1.07. The summed E-state index contributed by atoms with van der Waals surface area (Å²) in [6, 6.07) is 14.4. The zero-order valence-corrected chi connectivity index (χ0v) is 44.7. The van der Waals surface area contributed by atoms with Crippen LogP contribution in [0.5, 0.6) is 11.5 Å². The van der Waals surface area contributed by atoms with E-state index >= 15 is 0 Å². The minimum absolute atomic E-state index is 0.477. The van der Waals surface area contributed by atoms with Crippen LogP contribution in [-0.4, -0.2) is 19.9 Å². The quantitative estimate of drug-likeness (QED) is 0.0437. The first-order chi connectivity index (χ1) is 34.0. The van der Waals surface area contributed by atoms with Crippen molar-refractivity contribution in [1.82, 2.24) is 19.9 Å². The van der Waals surface area contributed by atoms with Crippen LogP contribution in [-0.2, 0) is 38.5 Å². The molecule has 0 radical (unpaired) electrons. The lowest BCUT2D eigenvalue weighted by Crippen LogP contribution is -2.18. The molecule has 6 rings (SSSR count). The predicted octanol–water partition coefficient (Wildman–Crippen LogP) is 18.9. The normalized spacial score (nSPS) is 18.4. The van der Waals surface area contributed by atoms with Gasteiger partial charge in [0.1, 0.15) is 23.1 Å². The molecule has 5 nitrogen and oxygen atoms in total. The summed E-state index contributed by atoms with van der Waals surface area (Å²) >= 11 is 0. The van der Waals surface area contributed by atoms with E-state index < -0.39 is 0 Å². The summed E-state index contributed by atoms with van der Waals surface area (Å²) in [6.45, 7) is 9.20. The number of hydrogen-bond acceptors (Lipinski definition) is 5. The summed E-state index contributed by atoms with van der Waals surface area (Å²) in [6.07, 6.45) is 54.0. The molecular formula is C64H98N4O. The topological polar surface area (TPSA) is 60.8 Å². The first-order valence-corrected chi connectivity index (χ1v) is 29.6. The van der Waals surface area contributed by atoms with E-state index in [0.29, 0.717) is 23.7 Å². The van der Waals surface area contributed by atoms with Crippen molar-refractivity contribution in [2.24, 2.45) is 11.8 Å². The van der Waals surface area contributed by atoms with Gasteiger partial charge >= 0.3 is 0 Å². The second kappa shape index (κ2) is 32.4. The molecule has 0 amide bonds. The fourth-order valence-corrected chi connectivity index (χ4v) is 11.6. The zero-order valence-electron chi connectivity index (χ0n) is 44.7. The molecule has 0 N–H and O–H groups in total. The predicted molar refractivity (Wildman–Crippen MR) is 293 cm³/mol. The molecule has 2 aliphatic carbocycles. The van der Waals surface area contributed by atoms with E-state index in [9.17, 15) is 0 Å². The van der Waals surface area contributed by atoms with E-state index in [1.54, 1.807) is 0 Å². The SMILES string of the molecule is CCCCCCCCCc1cnc([C@H]2CC[C@H](Cc3cc(CCCCCC)ccc3Oc3ccc(CCCCCC)cc3C[C@H]3CC[C@H](c4ncc(CCCCCCCCC)cn4)CC3)CC2)nc1. The standard InChI is InChI=1S/C64H98N4O/c1-5-9-13-17-19-21-25-29-55-47-65-63(66-48-55)57-37-31-53(32-38-57)45-59-43-51(27-23-15-11-7-3)35-41-61(59)69-62-42-36-52(28-24-16-12-8-4)44-60(62)46-54-33-39-58(40-34-54)64-67-49-56(50-68-64)30-26-22-20-18-14-10-6-2/h35-36,41-44,47-50,53-54,57-58H,5-34,37-40,45-46H2,1-4H3/t53-,54-,57-,58-. The number of aryl methyl sites for hydroxylation is 4. The number of unbranched alkanes of at least 4 members (excludes halogenated alkanes) is 18. The highest BCUT2D eigenvalue weighted by molar-refractivity contribution is 5.45. The highest BCUT2D eigenvalue weighted by Gasteiger charge is 2.27. The molecule has 2 fully saturated rings. The minimum atomic E-state index is 0.477. The van der Waals surface area contributed by atoms with E-state index in [1.807, 2.05) is 0 Å². The maximum Gasteiger partial charge on any atom is 0.131 e. The Morgan fingerprint density at radius 2 is 0.667 bits per heavy atom. The van der Waals surface area contributed by atoms with Crippen molar-refractivity contribution in [1.29, 1.82) is 0 Å². The molecule has 2 aromatic heterocycles. The van der Waals surface area contributed by atoms with Gasteiger partial charge in [-0.05, 0) is 173 Å². The number of rotatable bonds is 34. The molecule has 0 unspecified atom stereocenters. The molecular weight excluding hydrogens is 841 g/mol. The van der Waals surface area contributed by atoms with Crippen LogP contribution in [0.4, 0.5) is 0 Å². The monoisotopic (exact) mass is 939 g/mol. The molecule has 0 saturated heterocycles. The van der Waals surface area contributed by atoms with Gasteiger partial charge in [-0.2, -0.15) is 0 Å². The minimum Gasteiger partial charge on any atom is -0.457 e. The summed E-state index contributed by atoms with van der Waals surface area (Å²) in [4.78, 5) is 19.8. The van der Waals surface area contributed by atoms with Gasteiger partial charge < -0.3 is 4.74 Å². The third-order valence-corrected chi connectivity index (χ3v) is 16.1. The van der Waals surface area contributed by atoms with Crippen LogP contribution < -0.4 is 4.74 Å². The lowest BCUT2D eigenvalue weighted by molar-refractivity contribution is 0.312. The molecule has 0 spiro atoms. The molecule has 4 aromatic rings. The lowest BCUT2D eigenvalue weighted by Gasteiger charge is -2.29.